The monoisotopic (exact) mass is 589 g/mol. The lowest BCUT2D eigenvalue weighted by Crippen LogP contribution is -2.69. The van der Waals surface area contributed by atoms with Crippen molar-refractivity contribution in [3.05, 3.63) is 27.9 Å². The van der Waals surface area contributed by atoms with E-state index in [4.69, 9.17) is 32.6 Å². The van der Waals surface area contributed by atoms with Crippen LogP contribution in [0.3, 0.4) is 0 Å². The van der Waals surface area contributed by atoms with E-state index in [9.17, 15) is 4.79 Å². The van der Waals surface area contributed by atoms with E-state index in [1.165, 1.54) is 12.6 Å². The number of carbonyl (C=O) groups excluding carboxylic acids is 1. The summed E-state index contributed by atoms with van der Waals surface area (Å²) >= 11 is 7.08. The molecule has 2 aromatic rings. The first-order valence-electron chi connectivity index (χ1n) is 15.2. The molecular formula is C32H40ClN7O2. The van der Waals surface area contributed by atoms with Gasteiger partial charge in [-0.15, -0.1) is 0 Å². The number of nitrogens with zero attached hydrogens (tertiary/aromatic N) is 5. The van der Waals surface area contributed by atoms with Crippen LogP contribution in [0.1, 0.15) is 61.9 Å². The zero-order chi connectivity index (χ0) is 29.4. The number of nitrogens with two attached hydrogens (primary N) is 1. The minimum absolute atomic E-state index is 0.0386. The largest absolute Gasteiger partial charge is 0.398 e. The Morgan fingerprint density at radius 2 is 1.90 bits per heavy atom. The number of hydrogen-bond donors (Lipinski definition) is 2. The van der Waals surface area contributed by atoms with Gasteiger partial charge in [0.15, 0.2) is 5.82 Å². The van der Waals surface area contributed by atoms with Gasteiger partial charge in [-0.2, -0.15) is 5.10 Å². The van der Waals surface area contributed by atoms with E-state index in [1.807, 2.05) is 17.9 Å². The third kappa shape index (κ3) is 4.10. The highest BCUT2D eigenvalue weighted by atomic mass is 35.5. The summed E-state index contributed by atoms with van der Waals surface area (Å²) in [5.41, 5.74) is 11.7. The Morgan fingerprint density at radius 1 is 1.17 bits per heavy atom. The minimum Gasteiger partial charge on any atom is -0.398 e. The van der Waals surface area contributed by atoms with Crippen molar-refractivity contribution >= 4 is 35.2 Å². The first-order valence-corrected chi connectivity index (χ1v) is 15.6. The van der Waals surface area contributed by atoms with Gasteiger partial charge in [-0.25, -0.2) is 0 Å². The summed E-state index contributed by atoms with van der Waals surface area (Å²) in [5.74, 6) is 6.30. The molecule has 10 heteroatoms. The van der Waals surface area contributed by atoms with E-state index in [1.54, 1.807) is 6.92 Å². The first kappa shape index (κ1) is 27.8. The molecule has 3 N–H and O–H groups in total. The second kappa shape index (κ2) is 10.0. The average Bonchev–Trinajstić information content (AvgIpc) is 3.18. The van der Waals surface area contributed by atoms with Gasteiger partial charge in [0.1, 0.15) is 0 Å². The van der Waals surface area contributed by atoms with Gasteiger partial charge in [0.25, 0.3) is 5.91 Å². The summed E-state index contributed by atoms with van der Waals surface area (Å²) in [6, 6.07) is 2.63. The molecule has 3 saturated heterocycles. The maximum Gasteiger partial charge on any atom is 0.298 e. The number of benzene rings is 1. The van der Waals surface area contributed by atoms with Gasteiger partial charge in [-0.3, -0.25) is 14.4 Å². The summed E-state index contributed by atoms with van der Waals surface area (Å²) < 4.78 is 7.75. The Morgan fingerprint density at radius 3 is 2.50 bits per heavy atom. The number of anilines is 2. The van der Waals surface area contributed by atoms with Crippen molar-refractivity contribution in [2.75, 3.05) is 56.6 Å². The standard InChI is InChI=1S/C32H40ClN7O2/c1-4-6-26(41)38-17-31(18-38)12-22(13-31)40-21(3)27(28-24(14-34)25(35)11-20(2)29(28)33)30(36-40)39-10-9-37(23-15-42-16-23)19-32(39)7-5-8-32/h11,14,22-23,34H,5,7-10,12-13,15-19,35H2,1-3H3. The summed E-state index contributed by atoms with van der Waals surface area (Å²) in [6.45, 7) is 11.9. The number of amides is 1. The Kier molecular flexibility index (Phi) is 6.61. The highest BCUT2D eigenvalue weighted by Gasteiger charge is 2.55. The molecule has 0 unspecified atom stereocenters. The van der Waals surface area contributed by atoms with Gasteiger partial charge >= 0.3 is 0 Å². The molecule has 1 amide bonds. The number of ether oxygens (including phenoxy) is 1. The smallest absolute Gasteiger partial charge is 0.298 e. The lowest BCUT2D eigenvalue weighted by Gasteiger charge is -2.59. The molecule has 0 bridgehead atoms. The number of aryl methyl sites for hydroxylation is 1. The average molecular weight is 590 g/mol. The fraction of sp³-hybridized carbons (Fsp3) is 0.594. The van der Waals surface area contributed by atoms with Gasteiger partial charge in [-0.05, 0) is 70.4 Å². The Labute approximate surface area is 252 Å². The molecular weight excluding hydrogens is 550 g/mol. The van der Waals surface area contributed by atoms with Gasteiger partial charge in [0, 0.05) is 72.4 Å². The normalized spacial score (nSPS) is 23.0. The van der Waals surface area contributed by atoms with Crippen LogP contribution in [-0.2, 0) is 9.53 Å². The summed E-state index contributed by atoms with van der Waals surface area (Å²) in [4.78, 5) is 19.3. The minimum atomic E-state index is -0.0735. The molecule has 2 spiro atoms. The molecule has 1 aromatic heterocycles. The summed E-state index contributed by atoms with van der Waals surface area (Å²) in [5, 5.41) is 14.3. The van der Waals surface area contributed by atoms with Crippen LogP contribution in [-0.4, -0.2) is 89.2 Å². The maximum atomic E-state index is 12.2. The number of nitrogens with one attached hydrogen (secondary N) is 1. The highest BCUT2D eigenvalue weighted by molar-refractivity contribution is 6.35. The molecule has 42 heavy (non-hydrogen) atoms. The van der Waals surface area contributed by atoms with Crippen molar-refractivity contribution in [1.82, 2.24) is 19.6 Å². The summed E-state index contributed by atoms with van der Waals surface area (Å²) in [7, 11) is 0. The maximum absolute atomic E-state index is 12.2. The zero-order valence-electron chi connectivity index (χ0n) is 24.8. The quantitative estimate of drug-likeness (QED) is 0.310. The Hall–Kier alpha value is -3.06. The number of likely N-dealkylation sites (tertiary alicyclic amines) is 1. The third-order valence-corrected chi connectivity index (χ3v) is 11.1. The van der Waals surface area contributed by atoms with E-state index in [0.29, 0.717) is 22.3 Å². The fourth-order valence-corrected chi connectivity index (χ4v) is 8.39. The van der Waals surface area contributed by atoms with Gasteiger partial charge in [0.05, 0.1) is 35.9 Å². The van der Waals surface area contributed by atoms with Crippen LogP contribution in [0.4, 0.5) is 11.5 Å². The predicted octanol–water partition coefficient (Wildman–Crippen LogP) is 4.03. The lowest BCUT2D eigenvalue weighted by atomic mass is 9.60. The number of piperazine rings is 1. The second-order valence-electron chi connectivity index (χ2n) is 13.2. The van der Waals surface area contributed by atoms with E-state index in [-0.39, 0.29) is 22.9 Å². The van der Waals surface area contributed by atoms with Crippen LogP contribution >= 0.6 is 11.6 Å². The van der Waals surface area contributed by atoms with Crippen LogP contribution in [0.5, 0.6) is 0 Å². The van der Waals surface area contributed by atoms with Crippen LogP contribution in [0.15, 0.2) is 6.07 Å². The van der Waals surface area contributed by atoms with E-state index in [0.717, 1.165) is 99.8 Å². The van der Waals surface area contributed by atoms with Gasteiger partial charge in [0.2, 0.25) is 0 Å². The molecule has 2 saturated carbocycles. The van der Waals surface area contributed by atoms with Crippen LogP contribution in [0, 0.1) is 36.5 Å². The molecule has 0 radical (unpaired) electrons. The topological polar surface area (TPSA) is 104 Å². The molecule has 1 aromatic carbocycles. The fourth-order valence-electron chi connectivity index (χ4n) is 8.14. The number of rotatable bonds is 5. The predicted molar refractivity (Wildman–Crippen MR) is 165 cm³/mol. The second-order valence-corrected chi connectivity index (χ2v) is 13.6. The van der Waals surface area contributed by atoms with E-state index >= 15 is 0 Å². The molecule has 222 valence electrons. The number of aromatic nitrogens is 2. The number of halogens is 1. The number of hydrogen-bond acceptors (Lipinski definition) is 7. The molecule has 4 heterocycles. The highest BCUT2D eigenvalue weighted by Crippen LogP contribution is 2.56. The van der Waals surface area contributed by atoms with Gasteiger partial charge < -0.3 is 25.7 Å². The van der Waals surface area contributed by atoms with Crippen LogP contribution in [0.25, 0.3) is 11.1 Å². The lowest BCUT2D eigenvalue weighted by molar-refractivity contribution is -0.148. The van der Waals surface area contributed by atoms with Crippen molar-refractivity contribution < 1.29 is 9.53 Å². The van der Waals surface area contributed by atoms with Gasteiger partial charge in [-0.1, -0.05) is 17.5 Å². The van der Waals surface area contributed by atoms with Crippen molar-refractivity contribution in [3.63, 3.8) is 0 Å². The molecule has 2 aliphatic carbocycles. The number of nitrogen functional groups attached to an aromatic ring is 1. The third-order valence-electron chi connectivity index (χ3n) is 10.7. The Bertz CT molecular complexity index is 1520. The van der Waals surface area contributed by atoms with E-state index in [2.05, 4.69) is 33.2 Å². The van der Waals surface area contributed by atoms with Crippen molar-refractivity contribution in [2.24, 2.45) is 5.41 Å². The molecule has 7 rings (SSSR count). The van der Waals surface area contributed by atoms with Crippen molar-refractivity contribution in [2.45, 2.75) is 70.5 Å². The van der Waals surface area contributed by atoms with Crippen LogP contribution < -0.4 is 10.6 Å². The molecule has 5 fully saturated rings. The van der Waals surface area contributed by atoms with E-state index < -0.39 is 0 Å². The molecule has 3 aliphatic heterocycles. The van der Waals surface area contributed by atoms with Crippen LogP contribution in [0.2, 0.25) is 5.02 Å². The Balaban J connectivity index is 1.27. The molecule has 9 nitrogen and oxygen atoms in total. The number of carbonyl (C=O) groups is 1. The zero-order valence-corrected chi connectivity index (χ0v) is 25.6. The van der Waals surface area contributed by atoms with Crippen molar-refractivity contribution in [1.29, 1.82) is 5.41 Å². The summed E-state index contributed by atoms with van der Waals surface area (Å²) in [6.07, 6.45) is 6.80. The van der Waals surface area contributed by atoms with Crippen molar-refractivity contribution in [3.8, 4) is 23.0 Å². The first-order chi connectivity index (χ1) is 20.2. The molecule has 0 atom stereocenters. The molecule has 5 aliphatic rings. The SMILES string of the molecule is CC#CC(=O)N1CC2(CC(n3nc(N4CCN(C5COC5)CC45CCC5)c(-c4c(Cl)c(C)cc(N)c4C=N)c3C)C2)C1.